The number of benzene rings is 1. The molecule has 2 aromatic rings. The van der Waals surface area contributed by atoms with Gasteiger partial charge >= 0.3 is 0 Å². The number of fused-ring (bicyclic) bond motifs is 1. The molecule has 3 nitrogen and oxygen atoms in total. The predicted octanol–water partition coefficient (Wildman–Crippen LogP) is 2.75. The molecule has 0 spiro atoms. The van der Waals surface area contributed by atoms with Crippen LogP contribution in [0.2, 0.25) is 5.02 Å². The van der Waals surface area contributed by atoms with Crippen molar-refractivity contribution in [3.63, 3.8) is 0 Å². The normalized spacial score (nSPS) is 10.8. The summed E-state index contributed by atoms with van der Waals surface area (Å²) >= 11 is 5.60. The van der Waals surface area contributed by atoms with Gasteiger partial charge in [0.05, 0.1) is 17.1 Å². The Morgan fingerprint density at radius 1 is 1.57 bits per heavy atom. The minimum Gasteiger partial charge on any atom is -0.465 e. The SMILES string of the molecule is CCOc1nc2c(F)c(Cl)ccc2[nH]1. The van der Waals surface area contributed by atoms with Gasteiger partial charge in [-0.05, 0) is 19.1 Å². The Balaban J connectivity index is 2.59. The molecule has 1 aromatic carbocycles. The van der Waals surface area contributed by atoms with Gasteiger partial charge in [0.15, 0.2) is 5.82 Å². The van der Waals surface area contributed by atoms with E-state index < -0.39 is 5.82 Å². The largest absolute Gasteiger partial charge is 0.465 e. The van der Waals surface area contributed by atoms with Crippen LogP contribution in [0.15, 0.2) is 12.1 Å². The Kier molecular flexibility index (Phi) is 2.29. The summed E-state index contributed by atoms with van der Waals surface area (Å²) < 4.78 is 18.5. The van der Waals surface area contributed by atoms with Crippen molar-refractivity contribution in [1.82, 2.24) is 9.97 Å². The molecule has 0 aliphatic heterocycles. The van der Waals surface area contributed by atoms with Crippen molar-refractivity contribution in [1.29, 1.82) is 0 Å². The monoisotopic (exact) mass is 214 g/mol. The lowest BCUT2D eigenvalue weighted by Crippen LogP contribution is -1.92. The van der Waals surface area contributed by atoms with Gasteiger partial charge in [0.2, 0.25) is 0 Å². The zero-order valence-electron chi connectivity index (χ0n) is 7.47. The lowest BCUT2D eigenvalue weighted by atomic mass is 10.3. The van der Waals surface area contributed by atoms with Crippen LogP contribution in [0.5, 0.6) is 6.01 Å². The lowest BCUT2D eigenvalue weighted by Gasteiger charge is -1.93. The Morgan fingerprint density at radius 2 is 2.36 bits per heavy atom. The average molecular weight is 215 g/mol. The minimum atomic E-state index is -0.522. The van der Waals surface area contributed by atoms with Crippen LogP contribution in [0.3, 0.4) is 0 Å². The maximum Gasteiger partial charge on any atom is 0.294 e. The van der Waals surface area contributed by atoms with Gasteiger partial charge in [-0.3, -0.25) is 0 Å². The second kappa shape index (κ2) is 3.46. The third-order valence-electron chi connectivity index (χ3n) is 1.81. The molecule has 0 bridgehead atoms. The van der Waals surface area contributed by atoms with Crippen LogP contribution < -0.4 is 4.74 Å². The lowest BCUT2D eigenvalue weighted by molar-refractivity contribution is 0.317. The molecule has 0 radical (unpaired) electrons. The van der Waals surface area contributed by atoms with E-state index in [1.165, 1.54) is 6.07 Å². The van der Waals surface area contributed by atoms with E-state index in [4.69, 9.17) is 16.3 Å². The summed E-state index contributed by atoms with van der Waals surface area (Å²) in [5.74, 6) is -0.522. The molecule has 0 aliphatic rings. The van der Waals surface area contributed by atoms with E-state index in [1.54, 1.807) is 6.07 Å². The van der Waals surface area contributed by atoms with Gasteiger partial charge < -0.3 is 9.72 Å². The first kappa shape index (κ1) is 9.27. The minimum absolute atomic E-state index is 0.0621. The molecule has 0 saturated carbocycles. The summed E-state index contributed by atoms with van der Waals surface area (Å²) in [7, 11) is 0. The zero-order chi connectivity index (χ0) is 10.1. The fourth-order valence-electron chi connectivity index (χ4n) is 1.20. The van der Waals surface area contributed by atoms with Gasteiger partial charge in [-0.15, -0.1) is 0 Å². The molecule has 5 heteroatoms. The standard InChI is InChI=1S/C9H8ClFN2O/c1-2-14-9-12-6-4-3-5(10)7(11)8(6)13-9/h3-4H,2H2,1H3,(H,12,13). The first-order chi connectivity index (χ1) is 6.72. The highest BCUT2D eigenvalue weighted by molar-refractivity contribution is 6.31. The Bertz CT molecular complexity index is 469. The molecule has 0 unspecified atom stereocenters. The van der Waals surface area contributed by atoms with Crippen LogP contribution in [-0.2, 0) is 0 Å². The third-order valence-corrected chi connectivity index (χ3v) is 2.10. The topological polar surface area (TPSA) is 37.9 Å². The van der Waals surface area contributed by atoms with E-state index in [9.17, 15) is 4.39 Å². The molecule has 0 amide bonds. The van der Waals surface area contributed by atoms with Gasteiger partial charge in [0, 0.05) is 0 Å². The van der Waals surface area contributed by atoms with E-state index in [-0.39, 0.29) is 10.5 Å². The summed E-state index contributed by atoms with van der Waals surface area (Å²) in [6, 6.07) is 3.45. The van der Waals surface area contributed by atoms with E-state index in [0.29, 0.717) is 18.1 Å². The van der Waals surface area contributed by atoms with Gasteiger partial charge in [0.1, 0.15) is 5.52 Å². The quantitative estimate of drug-likeness (QED) is 0.835. The highest BCUT2D eigenvalue weighted by Crippen LogP contribution is 2.24. The van der Waals surface area contributed by atoms with E-state index in [0.717, 1.165) is 0 Å². The number of hydrogen-bond donors (Lipinski definition) is 1. The van der Waals surface area contributed by atoms with Crippen molar-refractivity contribution in [2.24, 2.45) is 0 Å². The van der Waals surface area contributed by atoms with Crippen molar-refractivity contribution in [2.75, 3.05) is 6.61 Å². The van der Waals surface area contributed by atoms with Crippen molar-refractivity contribution >= 4 is 22.6 Å². The summed E-state index contributed by atoms with van der Waals surface area (Å²) in [5, 5.41) is 0.0621. The number of rotatable bonds is 2. The van der Waals surface area contributed by atoms with Crippen molar-refractivity contribution in [2.45, 2.75) is 6.92 Å². The van der Waals surface area contributed by atoms with E-state index in [2.05, 4.69) is 9.97 Å². The molecule has 0 atom stereocenters. The molecule has 0 fully saturated rings. The second-order valence-corrected chi connectivity index (χ2v) is 3.14. The van der Waals surface area contributed by atoms with Gasteiger partial charge in [-0.1, -0.05) is 11.6 Å². The highest BCUT2D eigenvalue weighted by atomic mass is 35.5. The number of halogens is 2. The smallest absolute Gasteiger partial charge is 0.294 e. The van der Waals surface area contributed by atoms with Crippen LogP contribution >= 0.6 is 11.6 Å². The van der Waals surface area contributed by atoms with Crippen LogP contribution in [0.25, 0.3) is 11.0 Å². The predicted molar refractivity (Wildman–Crippen MR) is 52.2 cm³/mol. The van der Waals surface area contributed by atoms with Gasteiger partial charge in [-0.2, -0.15) is 4.98 Å². The van der Waals surface area contributed by atoms with Gasteiger partial charge in [-0.25, -0.2) is 4.39 Å². The van der Waals surface area contributed by atoms with Crippen LogP contribution in [0.1, 0.15) is 6.92 Å². The van der Waals surface area contributed by atoms with E-state index in [1.807, 2.05) is 6.92 Å². The third kappa shape index (κ3) is 1.42. The molecule has 0 saturated heterocycles. The number of aromatic nitrogens is 2. The van der Waals surface area contributed by atoms with Crippen molar-refractivity contribution in [3.05, 3.63) is 23.0 Å². The summed E-state index contributed by atoms with van der Waals surface area (Å²) in [5.41, 5.74) is 0.788. The highest BCUT2D eigenvalue weighted by Gasteiger charge is 2.10. The maximum absolute atomic E-state index is 13.4. The molecule has 1 aromatic heterocycles. The molecular formula is C9H8ClFN2O. The molecule has 2 rings (SSSR count). The summed E-state index contributed by atoms with van der Waals surface area (Å²) in [4.78, 5) is 6.76. The Labute approximate surface area is 84.9 Å². The molecule has 74 valence electrons. The first-order valence-corrected chi connectivity index (χ1v) is 4.56. The molecule has 1 heterocycles. The number of nitrogens with zero attached hydrogens (tertiary/aromatic N) is 1. The maximum atomic E-state index is 13.4. The van der Waals surface area contributed by atoms with Gasteiger partial charge in [0.25, 0.3) is 6.01 Å². The van der Waals surface area contributed by atoms with Crippen LogP contribution in [-0.4, -0.2) is 16.6 Å². The van der Waals surface area contributed by atoms with Crippen molar-refractivity contribution < 1.29 is 9.13 Å². The summed E-state index contributed by atoms with van der Waals surface area (Å²) in [6.45, 7) is 2.31. The number of H-pyrrole nitrogens is 1. The number of imidazole rings is 1. The number of ether oxygens (including phenoxy) is 1. The fraction of sp³-hybridized carbons (Fsp3) is 0.222. The number of nitrogens with one attached hydrogen (secondary N) is 1. The molecular weight excluding hydrogens is 207 g/mol. The van der Waals surface area contributed by atoms with Crippen LogP contribution in [0.4, 0.5) is 4.39 Å². The Morgan fingerprint density at radius 3 is 3.07 bits per heavy atom. The second-order valence-electron chi connectivity index (χ2n) is 2.73. The van der Waals surface area contributed by atoms with Crippen LogP contribution in [0, 0.1) is 5.82 Å². The number of hydrogen-bond acceptors (Lipinski definition) is 2. The van der Waals surface area contributed by atoms with E-state index >= 15 is 0 Å². The molecule has 0 aliphatic carbocycles. The van der Waals surface area contributed by atoms with Crippen molar-refractivity contribution in [3.8, 4) is 6.01 Å². The fourth-order valence-corrected chi connectivity index (χ4v) is 1.35. The Hall–Kier alpha value is -1.29. The molecule has 14 heavy (non-hydrogen) atoms. The number of aromatic amines is 1. The molecule has 1 N–H and O–H groups in total. The zero-order valence-corrected chi connectivity index (χ0v) is 8.23. The summed E-state index contributed by atoms with van der Waals surface area (Å²) in [6.07, 6.45) is 0. The average Bonchev–Trinajstić information content (AvgIpc) is 2.56. The first-order valence-electron chi connectivity index (χ1n) is 4.19.